The number of halogens is 1. The number of hydrogen-bond donors (Lipinski definition) is 2. The number of anilines is 1. The zero-order chi connectivity index (χ0) is 13.2. The monoisotopic (exact) mass is 254 g/mol. The second-order valence-corrected chi connectivity index (χ2v) is 5.71. The lowest BCUT2D eigenvalue weighted by Gasteiger charge is -2.28. The van der Waals surface area contributed by atoms with Gasteiger partial charge in [0.05, 0.1) is 10.6 Å². The Morgan fingerprint density at radius 3 is 2.47 bits per heavy atom. The van der Waals surface area contributed by atoms with Gasteiger partial charge in [0, 0.05) is 11.7 Å². The van der Waals surface area contributed by atoms with Gasteiger partial charge in [-0.05, 0) is 30.5 Å². The first-order valence-electron chi connectivity index (χ1n) is 5.57. The molecule has 0 radical (unpaired) electrons. The third-order valence-corrected chi connectivity index (χ3v) is 3.20. The Hall–Kier alpha value is -1.22. The summed E-state index contributed by atoms with van der Waals surface area (Å²) in [5, 5.41) is 3.31. The Bertz CT molecular complexity index is 424. The van der Waals surface area contributed by atoms with Crippen molar-refractivity contribution in [1.82, 2.24) is 5.32 Å². The first-order chi connectivity index (χ1) is 7.71. The van der Waals surface area contributed by atoms with Crippen LogP contribution in [-0.2, 0) is 0 Å². The summed E-state index contributed by atoms with van der Waals surface area (Å²) in [4.78, 5) is 12.0. The summed E-state index contributed by atoms with van der Waals surface area (Å²) < 4.78 is 0. The quantitative estimate of drug-likeness (QED) is 0.797. The fourth-order valence-corrected chi connectivity index (χ4v) is 1.48. The van der Waals surface area contributed by atoms with Crippen molar-refractivity contribution in [1.29, 1.82) is 0 Å². The molecule has 3 N–H and O–H groups in total. The zero-order valence-electron chi connectivity index (χ0n) is 10.7. The second-order valence-electron chi connectivity index (χ2n) is 5.30. The van der Waals surface area contributed by atoms with E-state index in [2.05, 4.69) is 26.1 Å². The van der Waals surface area contributed by atoms with Gasteiger partial charge in [-0.3, -0.25) is 4.79 Å². The second kappa shape index (κ2) is 4.96. The van der Waals surface area contributed by atoms with Crippen molar-refractivity contribution in [3.05, 3.63) is 28.8 Å². The molecule has 0 saturated carbocycles. The summed E-state index contributed by atoms with van der Waals surface area (Å²) in [6.45, 7) is 8.19. The summed E-state index contributed by atoms with van der Waals surface area (Å²) in [6.07, 6.45) is 0. The highest BCUT2D eigenvalue weighted by atomic mass is 35.5. The average Bonchev–Trinajstić information content (AvgIpc) is 2.15. The van der Waals surface area contributed by atoms with Gasteiger partial charge >= 0.3 is 0 Å². The van der Waals surface area contributed by atoms with Crippen LogP contribution in [0.2, 0.25) is 5.02 Å². The van der Waals surface area contributed by atoms with Crippen molar-refractivity contribution in [2.45, 2.75) is 33.7 Å². The highest BCUT2D eigenvalue weighted by Crippen LogP contribution is 2.22. The first-order valence-corrected chi connectivity index (χ1v) is 5.95. The maximum atomic E-state index is 12.0. The predicted octanol–water partition coefficient (Wildman–Crippen LogP) is 3.09. The smallest absolute Gasteiger partial charge is 0.253 e. The van der Waals surface area contributed by atoms with Crippen molar-refractivity contribution < 1.29 is 4.79 Å². The molecule has 3 nitrogen and oxygen atoms in total. The lowest BCUT2D eigenvalue weighted by Crippen LogP contribution is -2.41. The van der Waals surface area contributed by atoms with Gasteiger partial charge < -0.3 is 11.1 Å². The number of hydrogen-bond acceptors (Lipinski definition) is 2. The molecule has 0 aliphatic carbocycles. The Morgan fingerprint density at radius 1 is 1.41 bits per heavy atom. The van der Waals surface area contributed by atoms with Gasteiger partial charge in [0.15, 0.2) is 0 Å². The number of nitrogens with two attached hydrogens (primary N) is 1. The minimum absolute atomic E-state index is 0.00987. The van der Waals surface area contributed by atoms with Gasteiger partial charge in [0.25, 0.3) is 5.91 Å². The fraction of sp³-hybridized carbons (Fsp3) is 0.462. The van der Waals surface area contributed by atoms with E-state index in [0.29, 0.717) is 16.3 Å². The summed E-state index contributed by atoms with van der Waals surface area (Å²) in [5.41, 5.74) is 6.60. The SMILES string of the molecule is CC(NC(=O)c1ccc(N)cc1Cl)C(C)(C)C. The topological polar surface area (TPSA) is 55.1 Å². The molecule has 1 amide bonds. The molecule has 94 valence electrons. The molecule has 1 atom stereocenters. The Morgan fingerprint density at radius 2 is 2.00 bits per heavy atom. The van der Waals surface area contributed by atoms with Crippen molar-refractivity contribution in [2.75, 3.05) is 5.73 Å². The van der Waals surface area contributed by atoms with E-state index in [1.165, 1.54) is 0 Å². The van der Waals surface area contributed by atoms with E-state index in [-0.39, 0.29) is 17.4 Å². The summed E-state index contributed by atoms with van der Waals surface area (Å²) in [7, 11) is 0. The third-order valence-electron chi connectivity index (χ3n) is 2.88. The Labute approximate surface area is 107 Å². The van der Waals surface area contributed by atoms with Gasteiger partial charge in [-0.2, -0.15) is 0 Å². The van der Waals surface area contributed by atoms with Crippen molar-refractivity contribution >= 4 is 23.2 Å². The number of rotatable bonds is 2. The Kier molecular flexibility index (Phi) is 4.04. The number of amides is 1. The molecule has 0 bridgehead atoms. The minimum atomic E-state index is -0.169. The first kappa shape index (κ1) is 13.8. The Balaban J connectivity index is 2.84. The van der Waals surface area contributed by atoms with Crippen LogP contribution in [0.5, 0.6) is 0 Å². The number of carbonyl (C=O) groups is 1. The summed E-state index contributed by atoms with van der Waals surface area (Å²) >= 11 is 5.98. The van der Waals surface area contributed by atoms with E-state index >= 15 is 0 Å². The van der Waals surface area contributed by atoms with Gasteiger partial charge in [0.2, 0.25) is 0 Å². The number of carbonyl (C=O) groups excluding carboxylic acids is 1. The largest absolute Gasteiger partial charge is 0.399 e. The van der Waals surface area contributed by atoms with Crippen LogP contribution in [-0.4, -0.2) is 11.9 Å². The van der Waals surface area contributed by atoms with Crippen LogP contribution in [0.3, 0.4) is 0 Å². The van der Waals surface area contributed by atoms with Crippen LogP contribution in [0.1, 0.15) is 38.1 Å². The molecule has 0 heterocycles. The molecule has 0 saturated heterocycles. The summed E-state index contributed by atoms with van der Waals surface area (Å²) in [6, 6.07) is 4.95. The number of nitrogen functional groups attached to an aromatic ring is 1. The maximum absolute atomic E-state index is 12.0. The van der Waals surface area contributed by atoms with E-state index in [1.807, 2.05) is 6.92 Å². The van der Waals surface area contributed by atoms with Crippen LogP contribution < -0.4 is 11.1 Å². The van der Waals surface area contributed by atoms with Crippen LogP contribution in [0.4, 0.5) is 5.69 Å². The normalized spacial score (nSPS) is 13.2. The molecule has 0 fully saturated rings. The van der Waals surface area contributed by atoms with Crippen molar-refractivity contribution in [3.63, 3.8) is 0 Å². The lowest BCUT2D eigenvalue weighted by molar-refractivity contribution is 0.0910. The van der Waals surface area contributed by atoms with Crippen molar-refractivity contribution in [3.8, 4) is 0 Å². The van der Waals surface area contributed by atoms with Crippen LogP contribution in [0, 0.1) is 5.41 Å². The molecular weight excluding hydrogens is 236 g/mol. The molecule has 1 rings (SSSR count). The zero-order valence-corrected chi connectivity index (χ0v) is 11.4. The van der Waals surface area contributed by atoms with Gasteiger partial charge in [-0.25, -0.2) is 0 Å². The molecule has 1 unspecified atom stereocenters. The molecule has 0 aromatic heterocycles. The van der Waals surface area contributed by atoms with E-state index < -0.39 is 0 Å². The lowest BCUT2D eigenvalue weighted by atomic mass is 9.88. The highest BCUT2D eigenvalue weighted by Gasteiger charge is 2.22. The summed E-state index contributed by atoms with van der Waals surface area (Å²) in [5.74, 6) is -0.169. The molecule has 1 aromatic carbocycles. The van der Waals surface area contributed by atoms with Crippen LogP contribution in [0.25, 0.3) is 0 Å². The van der Waals surface area contributed by atoms with Crippen LogP contribution in [0.15, 0.2) is 18.2 Å². The van der Waals surface area contributed by atoms with Crippen molar-refractivity contribution in [2.24, 2.45) is 5.41 Å². The third kappa shape index (κ3) is 3.63. The van der Waals surface area contributed by atoms with E-state index in [0.717, 1.165) is 0 Å². The van der Waals surface area contributed by atoms with Crippen LogP contribution >= 0.6 is 11.6 Å². The van der Waals surface area contributed by atoms with Gasteiger partial charge in [-0.15, -0.1) is 0 Å². The molecule has 0 aliphatic rings. The maximum Gasteiger partial charge on any atom is 0.253 e. The van der Waals surface area contributed by atoms with E-state index in [1.54, 1.807) is 18.2 Å². The van der Waals surface area contributed by atoms with E-state index in [9.17, 15) is 4.79 Å². The van der Waals surface area contributed by atoms with Gasteiger partial charge in [0.1, 0.15) is 0 Å². The standard InChI is InChI=1S/C13H19ClN2O/c1-8(13(2,3)4)16-12(17)10-6-5-9(15)7-11(10)14/h5-8H,15H2,1-4H3,(H,16,17). The average molecular weight is 255 g/mol. The molecule has 4 heteroatoms. The molecule has 1 aromatic rings. The fourth-order valence-electron chi connectivity index (χ4n) is 1.21. The highest BCUT2D eigenvalue weighted by molar-refractivity contribution is 6.34. The van der Waals surface area contributed by atoms with Gasteiger partial charge in [-0.1, -0.05) is 32.4 Å². The molecule has 17 heavy (non-hydrogen) atoms. The van der Waals surface area contributed by atoms with E-state index in [4.69, 9.17) is 17.3 Å². The predicted molar refractivity (Wildman–Crippen MR) is 72.2 cm³/mol. The minimum Gasteiger partial charge on any atom is -0.399 e. The number of benzene rings is 1. The molecule has 0 aliphatic heterocycles. The molecular formula is C13H19ClN2O. The number of nitrogens with one attached hydrogen (secondary N) is 1. The molecule has 0 spiro atoms.